The summed E-state index contributed by atoms with van der Waals surface area (Å²) in [6.45, 7) is 4.09. The Labute approximate surface area is 116 Å². The predicted molar refractivity (Wildman–Crippen MR) is 74.5 cm³/mol. The second kappa shape index (κ2) is 7.08. The van der Waals surface area contributed by atoms with Crippen LogP contribution in [0.1, 0.15) is 12.5 Å². The Bertz CT molecular complexity index is 535. The van der Waals surface area contributed by atoms with Crippen molar-refractivity contribution in [2.75, 3.05) is 11.4 Å². The zero-order chi connectivity index (χ0) is 15.1. The first-order valence-electron chi connectivity index (χ1n) is 6.04. The van der Waals surface area contributed by atoms with Gasteiger partial charge in [-0.05, 0) is 26.0 Å². The van der Waals surface area contributed by atoms with Crippen LogP contribution < -0.4 is 10.2 Å². The summed E-state index contributed by atoms with van der Waals surface area (Å²) in [7, 11) is 0. The lowest BCUT2D eigenvalue weighted by molar-refractivity contribution is -0.131. The number of carbonyl (C=O) groups excluding carboxylic acids is 2. The smallest absolute Gasteiger partial charge is 0.328 e. The summed E-state index contributed by atoms with van der Waals surface area (Å²) in [5, 5.41) is 10.5. The fraction of sp³-hybridized carbons (Fsp3) is 0.214. The van der Waals surface area contributed by atoms with E-state index in [1.807, 2.05) is 19.1 Å². The Morgan fingerprint density at radius 2 is 1.80 bits per heavy atom. The van der Waals surface area contributed by atoms with Gasteiger partial charge < -0.3 is 5.11 Å². The van der Waals surface area contributed by atoms with Gasteiger partial charge in [-0.2, -0.15) is 0 Å². The quantitative estimate of drug-likeness (QED) is 0.819. The van der Waals surface area contributed by atoms with Gasteiger partial charge >= 0.3 is 12.0 Å². The van der Waals surface area contributed by atoms with Crippen molar-refractivity contribution in [3.05, 3.63) is 42.0 Å². The number of aliphatic carboxylic acids is 1. The third-order valence-electron chi connectivity index (χ3n) is 2.51. The number of nitrogens with zero attached hydrogens (tertiary/aromatic N) is 1. The molecule has 1 aromatic carbocycles. The number of carboxylic acids is 1. The van der Waals surface area contributed by atoms with Crippen LogP contribution in [0, 0.1) is 6.92 Å². The predicted octanol–water partition coefficient (Wildman–Crippen LogP) is 1.70. The molecule has 0 saturated carbocycles. The molecule has 2 N–H and O–H groups in total. The van der Waals surface area contributed by atoms with E-state index in [1.54, 1.807) is 19.1 Å². The van der Waals surface area contributed by atoms with Gasteiger partial charge in [-0.1, -0.05) is 17.7 Å². The van der Waals surface area contributed by atoms with Crippen molar-refractivity contribution in [1.29, 1.82) is 0 Å². The summed E-state index contributed by atoms with van der Waals surface area (Å²) >= 11 is 0. The number of carboxylic acid groups (broad SMARTS) is 1. The molecule has 0 aliphatic heterocycles. The normalized spacial score (nSPS) is 10.3. The van der Waals surface area contributed by atoms with Crippen LogP contribution in [0.2, 0.25) is 0 Å². The molecule has 0 saturated heterocycles. The molecule has 1 aromatic rings. The molecule has 0 atom stereocenters. The Balaban J connectivity index is 2.75. The van der Waals surface area contributed by atoms with Gasteiger partial charge in [-0.3, -0.25) is 15.0 Å². The molecule has 0 aliphatic rings. The number of carbonyl (C=O) groups is 3. The SMILES string of the molecule is CCN(C(=O)NC(=O)C=CC(=O)O)c1ccc(C)cc1. The molecule has 6 nitrogen and oxygen atoms in total. The molecule has 0 aromatic heterocycles. The van der Waals surface area contributed by atoms with Crippen LogP contribution in [-0.4, -0.2) is 29.6 Å². The molecule has 0 aliphatic carbocycles. The van der Waals surface area contributed by atoms with E-state index in [0.717, 1.165) is 11.6 Å². The van der Waals surface area contributed by atoms with Crippen LogP contribution in [0.5, 0.6) is 0 Å². The number of hydrogen-bond acceptors (Lipinski definition) is 3. The number of benzene rings is 1. The number of nitrogens with one attached hydrogen (secondary N) is 1. The molecule has 0 spiro atoms. The fourth-order valence-corrected chi connectivity index (χ4v) is 1.53. The summed E-state index contributed by atoms with van der Waals surface area (Å²) in [6, 6.07) is 6.66. The van der Waals surface area contributed by atoms with Crippen molar-refractivity contribution in [3.8, 4) is 0 Å². The summed E-state index contributed by atoms with van der Waals surface area (Å²) in [4.78, 5) is 34.9. The number of urea groups is 1. The van der Waals surface area contributed by atoms with Crippen LogP contribution in [-0.2, 0) is 9.59 Å². The van der Waals surface area contributed by atoms with Crippen molar-refractivity contribution in [2.45, 2.75) is 13.8 Å². The van der Waals surface area contributed by atoms with Crippen molar-refractivity contribution < 1.29 is 19.5 Å². The molecule has 0 radical (unpaired) electrons. The Morgan fingerprint density at radius 1 is 1.20 bits per heavy atom. The first-order chi connectivity index (χ1) is 9.43. The van der Waals surface area contributed by atoms with Gasteiger partial charge in [0, 0.05) is 24.4 Å². The monoisotopic (exact) mass is 276 g/mol. The average molecular weight is 276 g/mol. The largest absolute Gasteiger partial charge is 0.478 e. The minimum absolute atomic E-state index is 0.380. The number of hydrogen-bond donors (Lipinski definition) is 2. The van der Waals surface area contributed by atoms with Gasteiger partial charge in [-0.15, -0.1) is 0 Å². The molecule has 0 fully saturated rings. The zero-order valence-electron chi connectivity index (χ0n) is 11.3. The Hall–Kier alpha value is -2.63. The van der Waals surface area contributed by atoms with Gasteiger partial charge in [0.15, 0.2) is 0 Å². The van der Waals surface area contributed by atoms with Crippen LogP contribution in [0.4, 0.5) is 10.5 Å². The molecule has 1 rings (SSSR count). The molecule has 3 amide bonds. The minimum Gasteiger partial charge on any atom is -0.478 e. The molecule has 20 heavy (non-hydrogen) atoms. The number of amides is 3. The highest BCUT2D eigenvalue weighted by Crippen LogP contribution is 2.14. The highest BCUT2D eigenvalue weighted by molar-refractivity contribution is 6.07. The standard InChI is InChI=1S/C14H16N2O4/c1-3-16(11-6-4-10(2)5-7-11)14(20)15-12(17)8-9-13(18)19/h4-9H,3H2,1-2H3,(H,18,19)(H,15,17,20). The third kappa shape index (κ3) is 4.56. The lowest BCUT2D eigenvalue weighted by Crippen LogP contribution is -2.42. The lowest BCUT2D eigenvalue weighted by Gasteiger charge is -2.20. The van der Waals surface area contributed by atoms with Gasteiger partial charge in [0.1, 0.15) is 0 Å². The van der Waals surface area contributed by atoms with Gasteiger partial charge in [0.2, 0.25) is 0 Å². The summed E-state index contributed by atoms with van der Waals surface area (Å²) in [5.74, 6) is -2.03. The van der Waals surface area contributed by atoms with E-state index in [4.69, 9.17) is 5.11 Å². The van der Waals surface area contributed by atoms with Crippen LogP contribution in [0.15, 0.2) is 36.4 Å². The van der Waals surface area contributed by atoms with Crippen molar-refractivity contribution >= 4 is 23.6 Å². The maximum absolute atomic E-state index is 11.9. The molecule has 0 heterocycles. The van der Waals surface area contributed by atoms with Crippen LogP contribution in [0.25, 0.3) is 0 Å². The van der Waals surface area contributed by atoms with Gasteiger partial charge in [0.25, 0.3) is 5.91 Å². The van der Waals surface area contributed by atoms with Gasteiger partial charge in [0.05, 0.1) is 0 Å². The van der Waals surface area contributed by atoms with E-state index in [1.165, 1.54) is 4.90 Å². The molecular weight excluding hydrogens is 260 g/mol. The molecule has 0 unspecified atom stereocenters. The number of aryl methyl sites for hydroxylation is 1. The van der Waals surface area contributed by atoms with Crippen molar-refractivity contribution in [3.63, 3.8) is 0 Å². The maximum atomic E-state index is 11.9. The average Bonchev–Trinajstić information content (AvgIpc) is 2.39. The first-order valence-corrected chi connectivity index (χ1v) is 6.04. The number of anilines is 1. The summed E-state index contributed by atoms with van der Waals surface area (Å²) in [6.07, 6.45) is 1.47. The minimum atomic E-state index is -1.25. The molecule has 106 valence electrons. The summed E-state index contributed by atoms with van der Waals surface area (Å²) in [5.41, 5.74) is 1.72. The van der Waals surface area contributed by atoms with E-state index in [-0.39, 0.29) is 0 Å². The van der Waals surface area contributed by atoms with E-state index in [2.05, 4.69) is 5.32 Å². The fourth-order valence-electron chi connectivity index (χ4n) is 1.53. The maximum Gasteiger partial charge on any atom is 0.328 e. The van der Waals surface area contributed by atoms with Crippen LogP contribution in [0.3, 0.4) is 0 Å². The molecular formula is C14H16N2O4. The highest BCUT2D eigenvalue weighted by Gasteiger charge is 2.15. The first kappa shape index (κ1) is 15.4. The number of rotatable bonds is 4. The summed E-state index contributed by atoms with van der Waals surface area (Å²) < 4.78 is 0. The Kier molecular flexibility index (Phi) is 5.46. The highest BCUT2D eigenvalue weighted by atomic mass is 16.4. The van der Waals surface area contributed by atoms with Gasteiger partial charge in [-0.25, -0.2) is 9.59 Å². The van der Waals surface area contributed by atoms with E-state index < -0.39 is 17.9 Å². The zero-order valence-corrected chi connectivity index (χ0v) is 11.3. The second-order valence-corrected chi connectivity index (χ2v) is 4.05. The third-order valence-corrected chi connectivity index (χ3v) is 2.51. The lowest BCUT2D eigenvalue weighted by atomic mass is 10.2. The van der Waals surface area contributed by atoms with E-state index in [9.17, 15) is 14.4 Å². The van der Waals surface area contributed by atoms with Crippen molar-refractivity contribution in [2.24, 2.45) is 0 Å². The second-order valence-electron chi connectivity index (χ2n) is 4.05. The topological polar surface area (TPSA) is 86.7 Å². The molecule has 6 heteroatoms. The van der Waals surface area contributed by atoms with Crippen LogP contribution >= 0.6 is 0 Å². The molecule has 0 bridgehead atoms. The number of imide groups is 1. The van der Waals surface area contributed by atoms with E-state index in [0.29, 0.717) is 18.3 Å². The van der Waals surface area contributed by atoms with Crippen molar-refractivity contribution in [1.82, 2.24) is 5.32 Å². The Morgan fingerprint density at radius 3 is 2.30 bits per heavy atom. The van der Waals surface area contributed by atoms with E-state index >= 15 is 0 Å².